The molecule has 1 atom stereocenters. The lowest BCUT2D eigenvalue weighted by molar-refractivity contribution is -0.136. The van der Waals surface area contributed by atoms with Crippen LogP contribution < -0.4 is 4.90 Å². The second-order valence-electron chi connectivity index (χ2n) is 7.02. The Bertz CT molecular complexity index is 1170. The SMILES string of the molecule is O=C1CC2(CC(c3ccccc3Cl)=NO2)C(=O)N1c1ccc2ccccc2c1. The molecule has 3 aromatic carbocycles. The van der Waals surface area contributed by atoms with Crippen molar-refractivity contribution in [3.63, 3.8) is 0 Å². The summed E-state index contributed by atoms with van der Waals surface area (Å²) in [5.41, 5.74) is 0.537. The normalized spacial score (nSPS) is 21.5. The van der Waals surface area contributed by atoms with Crippen molar-refractivity contribution in [2.45, 2.75) is 18.4 Å². The molecule has 1 fully saturated rings. The van der Waals surface area contributed by atoms with Crippen molar-refractivity contribution >= 4 is 45.6 Å². The minimum absolute atomic E-state index is 0.0455. The van der Waals surface area contributed by atoms with Gasteiger partial charge in [0.2, 0.25) is 11.5 Å². The van der Waals surface area contributed by atoms with Gasteiger partial charge in [-0.1, -0.05) is 65.3 Å². The third-order valence-corrected chi connectivity index (χ3v) is 5.57. The van der Waals surface area contributed by atoms with Crippen LogP contribution in [0.3, 0.4) is 0 Å². The minimum atomic E-state index is -1.29. The van der Waals surface area contributed by atoms with Crippen molar-refractivity contribution in [1.29, 1.82) is 0 Å². The van der Waals surface area contributed by atoms with E-state index in [0.717, 1.165) is 10.8 Å². The van der Waals surface area contributed by atoms with Gasteiger partial charge in [-0.15, -0.1) is 0 Å². The molecule has 0 N–H and O–H groups in total. The maximum atomic E-state index is 13.2. The van der Waals surface area contributed by atoms with Crippen LogP contribution in [0.4, 0.5) is 5.69 Å². The zero-order valence-corrected chi connectivity index (χ0v) is 15.5. The molecule has 3 aromatic rings. The molecule has 0 bridgehead atoms. The van der Waals surface area contributed by atoms with Gasteiger partial charge in [-0.25, -0.2) is 4.90 Å². The molecule has 5 rings (SSSR count). The largest absolute Gasteiger partial charge is 0.378 e. The monoisotopic (exact) mass is 390 g/mol. The first-order valence-electron chi connectivity index (χ1n) is 8.94. The third kappa shape index (κ3) is 2.51. The highest BCUT2D eigenvalue weighted by molar-refractivity contribution is 6.34. The molecule has 0 aromatic heterocycles. The molecule has 0 radical (unpaired) electrons. The smallest absolute Gasteiger partial charge is 0.281 e. The molecule has 6 heteroatoms. The Hall–Kier alpha value is -3.18. The van der Waals surface area contributed by atoms with Crippen LogP contribution in [0.15, 0.2) is 71.9 Å². The minimum Gasteiger partial charge on any atom is -0.378 e. The average molecular weight is 391 g/mol. The summed E-state index contributed by atoms with van der Waals surface area (Å²) in [6.07, 6.45) is 0.168. The maximum Gasteiger partial charge on any atom is 0.281 e. The number of anilines is 1. The lowest BCUT2D eigenvalue weighted by atomic mass is 9.92. The van der Waals surface area contributed by atoms with Crippen molar-refractivity contribution in [1.82, 2.24) is 0 Å². The third-order valence-electron chi connectivity index (χ3n) is 5.24. The number of halogens is 1. The number of imide groups is 1. The highest BCUT2D eigenvalue weighted by atomic mass is 35.5. The Morgan fingerprint density at radius 1 is 0.929 bits per heavy atom. The summed E-state index contributed by atoms with van der Waals surface area (Å²) >= 11 is 6.25. The van der Waals surface area contributed by atoms with Crippen LogP contribution in [0.2, 0.25) is 5.02 Å². The predicted octanol–water partition coefficient (Wildman–Crippen LogP) is 4.32. The van der Waals surface area contributed by atoms with Crippen molar-refractivity contribution in [3.8, 4) is 0 Å². The first kappa shape index (κ1) is 17.0. The van der Waals surface area contributed by atoms with E-state index in [4.69, 9.17) is 16.4 Å². The highest BCUT2D eigenvalue weighted by Gasteiger charge is 2.58. The van der Waals surface area contributed by atoms with E-state index in [9.17, 15) is 9.59 Å². The predicted molar refractivity (Wildman–Crippen MR) is 107 cm³/mol. The Morgan fingerprint density at radius 3 is 2.50 bits per heavy atom. The number of amides is 2. The first-order valence-corrected chi connectivity index (χ1v) is 9.31. The molecule has 1 unspecified atom stereocenters. The number of benzene rings is 3. The lowest BCUT2D eigenvalue weighted by Crippen LogP contribution is -2.40. The van der Waals surface area contributed by atoms with Crippen LogP contribution >= 0.6 is 11.6 Å². The second kappa shape index (κ2) is 6.17. The summed E-state index contributed by atoms with van der Waals surface area (Å²) in [6, 6.07) is 20.6. The number of carbonyl (C=O) groups is 2. The van der Waals surface area contributed by atoms with Gasteiger partial charge in [-0.05, 0) is 29.0 Å². The van der Waals surface area contributed by atoms with E-state index in [2.05, 4.69) is 5.16 Å². The van der Waals surface area contributed by atoms with Gasteiger partial charge in [0.15, 0.2) is 0 Å². The molecular formula is C22H15ClN2O3. The van der Waals surface area contributed by atoms with Crippen LogP contribution in [-0.2, 0) is 14.4 Å². The fourth-order valence-electron chi connectivity index (χ4n) is 3.82. The Labute approximate surface area is 166 Å². The summed E-state index contributed by atoms with van der Waals surface area (Å²) in [6.45, 7) is 0. The number of rotatable bonds is 2. The molecule has 1 saturated heterocycles. The molecule has 2 heterocycles. The summed E-state index contributed by atoms with van der Waals surface area (Å²) in [5.74, 6) is -0.686. The molecule has 1 spiro atoms. The number of oxime groups is 1. The topological polar surface area (TPSA) is 59.0 Å². The number of hydrogen-bond donors (Lipinski definition) is 0. The molecule has 2 amide bonds. The number of hydrogen-bond acceptors (Lipinski definition) is 4. The molecule has 0 saturated carbocycles. The van der Waals surface area contributed by atoms with E-state index in [1.807, 2.05) is 54.6 Å². The van der Waals surface area contributed by atoms with E-state index < -0.39 is 11.5 Å². The van der Waals surface area contributed by atoms with E-state index in [1.165, 1.54) is 4.90 Å². The number of fused-ring (bicyclic) bond motifs is 1. The Morgan fingerprint density at radius 2 is 1.68 bits per heavy atom. The van der Waals surface area contributed by atoms with Crippen molar-refractivity contribution in [2.75, 3.05) is 4.90 Å². The van der Waals surface area contributed by atoms with Crippen molar-refractivity contribution in [3.05, 3.63) is 77.3 Å². The zero-order chi connectivity index (χ0) is 19.3. The fraction of sp³-hybridized carbons (Fsp3) is 0.136. The molecule has 28 heavy (non-hydrogen) atoms. The average Bonchev–Trinajstić information content (AvgIpc) is 3.23. The van der Waals surface area contributed by atoms with Crippen LogP contribution in [0, 0.1) is 0 Å². The van der Waals surface area contributed by atoms with Crippen LogP contribution in [0.5, 0.6) is 0 Å². The van der Waals surface area contributed by atoms with Gasteiger partial charge in [0, 0.05) is 17.0 Å². The Kier molecular flexibility index (Phi) is 3.74. The second-order valence-corrected chi connectivity index (χ2v) is 7.43. The number of nitrogens with zero attached hydrogens (tertiary/aromatic N) is 2. The molecule has 2 aliphatic rings. The summed E-state index contributed by atoms with van der Waals surface area (Å²) < 4.78 is 0. The van der Waals surface area contributed by atoms with Gasteiger partial charge >= 0.3 is 0 Å². The molecular weight excluding hydrogens is 376 g/mol. The number of carbonyl (C=O) groups excluding carboxylic acids is 2. The molecule has 2 aliphatic heterocycles. The fourth-order valence-corrected chi connectivity index (χ4v) is 4.06. The van der Waals surface area contributed by atoms with Gasteiger partial charge in [0.05, 0.1) is 17.8 Å². The molecule has 138 valence electrons. The van der Waals surface area contributed by atoms with E-state index in [-0.39, 0.29) is 18.7 Å². The standard InChI is InChI=1S/C22H15ClN2O3/c23-18-8-4-3-7-17(18)19-12-22(28-24-19)13-20(26)25(21(22)27)16-10-9-14-5-1-2-6-15(14)11-16/h1-11H,12-13H2. The summed E-state index contributed by atoms with van der Waals surface area (Å²) in [5, 5.41) is 6.63. The van der Waals surface area contributed by atoms with Crippen LogP contribution in [-0.4, -0.2) is 23.1 Å². The van der Waals surface area contributed by atoms with Gasteiger partial charge in [-0.3, -0.25) is 9.59 Å². The highest BCUT2D eigenvalue weighted by Crippen LogP contribution is 2.40. The lowest BCUT2D eigenvalue weighted by Gasteiger charge is -2.19. The maximum absolute atomic E-state index is 13.2. The molecule has 0 aliphatic carbocycles. The van der Waals surface area contributed by atoms with Crippen LogP contribution in [0.1, 0.15) is 18.4 Å². The van der Waals surface area contributed by atoms with Crippen molar-refractivity contribution < 1.29 is 14.4 Å². The van der Waals surface area contributed by atoms with E-state index >= 15 is 0 Å². The first-order chi connectivity index (χ1) is 13.6. The molecule has 5 nitrogen and oxygen atoms in total. The quantitative estimate of drug-likeness (QED) is 0.612. The van der Waals surface area contributed by atoms with Crippen molar-refractivity contribution in [2.24, 2.45) is 5.16 Å². The van der Waals surface area contributed by atoms with Gasteiger partial charge < -0.3 is 4.84 Å². The van der Waals surface area contributed by atoms with Crippen LogP contribution in [0.25, 0.3) is 10.8 Å². The summed E-state index contributed by atoms with van der Waals surface area (Å²) in [4.78, 5) is 32.7. The van der Waals surface area contributed by atoms with Gasteiger partial charge in [0.25, 0.3) is 5.91 Å². The van der Waals surface area contributed by atoms with E-state index in [1.54, 1.807) is 12.1 Å². The zero-order valence-electron chi connectivity index (χ0n) is 14.8. The Balaban J connectivity index is 1.47. The van der Waals surface area contributed by atoms with Gasteiger partial charge in [-0.2, -0.15) is 0 Å². The van der Waals surface area contributed by atoms with E-state index in [0.29, 0.717) is 22.0 Å². The van der Waals surface area contributed by atoms with Gasteiger partial charge in [0.1, 0.15) is 0 Å². The summed E-state index contributed by atoms with van der Waals surface area (Å²) in [7, 11) is 0.